The molecule has 3 unspecified atom stereocenters. The number of rotatable bonds is 14. The summed E-state index contributed by atoms with van der Waals surface area (Å²) in [5.41, 5.74) is 4.33. The van der Waals surface area contributed by atoms with Crippen LogP contribution in [0.3, 0.4) is 0 Å². The zero-order chi connectivity index (χ0) is 24.0. The molecule has 0 rings (SSSR count). The van der Waals surface area contributed by atoms with Gasteiger partial charge in [-0.3, -0.25) is 13.8 Å². The van der Waals surface area contributed by atoms with Crippen molar-refractivity contribution in [2.75, 3.05) is 27.7 Å². The molecule has 0 aliphatic carbocycles. The van der Waals surface area contributed by atoms with E-state index in [4.69, 9.17) is 14.8 Å². The Morgan fingerprint density at radius 3 is 2.03 bits per heavy atom. The van der Waals surface area contributed by atoms with Gasteiger partial charge in [-0.05, 0) is 53.4 Å². The van der Waals surface area contributed by atoms with Gasteiger partial charge in [0.25, 0.3) is 0 Å². The largest absolute Gasteiger partial charge is 0.473 e. The van der Waals surface area contributed by atoms with Crippen molar-refractivity contribution in [2.45, 2.75) is 103 Å². The first-order chi connectivity index (χ1) is 13.4. The molecule has 0 spiro atoms. The molecule has 0 aromatic rings. The van der Waals surface area contributed by atoms with Crippen LogP contribution in [0.2, 0.25) is 0 Å². The number of phosphoric ester groups is 1. The van der Waals surface area contributed by atoms with Gasteiger partial charge in [-0.2, -0.15) is 0 Å². The summed E-state index contributed by atoms with van der Waals surface area (Å²) in [5.74, 6) is -0.471. The number of carbonyl (C=O) groups excluding carboxylic acids is 1. The fourth-order valence-electron chi connectivity index (χ4n) is 3.68. The maximum atomic E-state index is 12.6. The number of phosphoric acid groups is 1. The first-order valence-electron chi connectivity index (χ1n) is 10.9. The number of nitrogens with zero attached hydrogens (tertiary/aromatic N) is 1. The van der Waals surface area contributed by atoms with E-state index in [1.54, 1.807) is 0 Å². The molecular weight excluding hydrogens is 405 g/mol. The summed E-state index contributed by atoms with van der Waals surface area (Å²) in [6.07, 6.45) is 3.26. The summed E-state index contributed by atoms with van der Waals surface area (Å²) in [6.45, 7) is 13.2. The van der Waals surface area contributed by atoms with Gasteiger partial charge >= 0.3 is 7.82 Å². The first kappa shape index (κ1) is 29.5. The summed E-state index contributed by atoms with van der Waals surface area (Å²) < 4.78 is 24.0. The van der Waals surface area contributed by atoms with Gasteiger partial charge in [0.2, 0.25) is 5.91 Å². The van der Waals surface area contributed by atoms with E-state index in [1.807, 2.05) is 34.6 Å². The predicted octanol–water partition coefficient (Wildman–Crippen LogP) is 3.58. The molecule has 30 heavy (non-hydrogen) atoms. The minimum Gasteiger partial charge on any atom is -0.349 e. The third kappa shape index (κ3) is 9.33. The highest BCUT2D eigenvalue weighted by Gasteiger charge is 2.46. The number of hydrogen-bond donors (Lipinski definition) is 3. The minimum absolute atomic E-state index is 0.0807. The number of carbonyl (C=O) groups is 1. The van der Waals surface area contributed by atoms with Crippen LogP contribution in [0.15, 0.2) is 0 Å². The lowest BCUT2D eigenvalue weighted by atomic mass is 9.81. The van der Waals surface area contributed by atoms with Gasteiger partial charge < -0.3 is 20.4 Å². The van der Waals surface area contributed by atoms with Crippen LogP contribution < -0.4 is 11.1 Å². The zero-order valence-electron chi connectivity index (χ0n) is 20.9. The molecule has 0 aliphatic heterocycles. The third-order valence-corrected chi connectivity index (χ3v) is 7.70. The molecule has 1 amide bonds. The van der Waals surface area contributed by atoms with Crippen LogP contribution in [0, 0.1) is 0 Å². The van der Waals surface area contributed by atoms with E-state index in [0.29, 0.717) is 30.2 Å². The molecule has 0 saturated carbocycles. The second-order valence-corrected chi connectivity index (χ2v) is 11.7. The highest BCUT2D eigenvalue weighted by Crippen LogP contribution is 2.50. The normalized spacial score (nSPS) is 21.6. The average molecular weight is 453 g/mol. The molecule has 0 fully saturated rings. The highest BCUT2D eigenvalue weighted by atomic mass is 31.2. The Labute approximate surface area is 184 Å². The van der Waals surface area contributed by atoms with Crippen LogP contribution in [0.5, 0.6) is 0 Å². The van der Waals surface area contributed by atoms with Crippen LogP contribution in [-0.4, -0.2) is 65.8 Å². The molecule has 0 radical (unpaired) electrons. The smallest absolute Gasteiger partial charge is 0.349 e. The SMILES string of the molecule is CCC(C)(C[C@@H](C)N)NC(=O)COP(=O)(O)OC(C)(CC)C[C@](C)(CC)[N+](C)(C)C. The maximum absolute atomic E-state index is 12.6. The number of amides is 1. The van der Waals surface area contributed by atoms with Crippen molar-refractivity contribution in [1.29, 1.82) is 0 Å². The van der Waals surface area contributed by atoms with Gasteiger partial charge in [0.05, 0.1) is 32.3 Å². The van der Waals surface area contributed by atoms with E-state index in [1.165, 1.54) is 0 Å². The third-order valence-electron chi connectivity index (χ3n) is 6.57. The van der Waals surface area contributed by atoms with Gasteiger partial charge in [-0.1, -0.05) is 20.8 Å². The minimum atomic E-state index is -4.43. The van der Waals surface area contributed by atoms with Crippen LogP contribution >= 0.6 is 7.82 Å². The van der Waals surface area contributed by atoms with E-state index in [0.717, 1.165) is 6.42 Å². The van der Waals surface area contributed by atoms with Crippen LogP contribution in [0.4, 0.5) is 0 Å². The summed E-state index contributed by atoms with van der Waals surface area (Å²) in [7, 11) is 1.88. The van der Waals surface area contributed by atoms with Crippen molar-refractivity contribution in [3.63, 3.8) is 0 Å². The molecule has 0 aromatic heterocycles. The Hall–Kier alpha value is -0.500. The molecule has 4 N–H and O–H groups in total. The lowest BCUT2D eigenvalue weighted by Crippen LogP contribution is -2.58. The Morgan fingerprint density at radius 2 is 1.67 bits per heavy atom. The molecule has 5 atom stereocenters. The first-order valence-corrected chi connectivity index (χ1v) is 12.4. The van der Waals surface area contributed by atoms with Crippen molar-refractivity contribution in [1.82, 2.24) is 5.32 Å². The standard InChI is InChI=1S/C21H46N3O5P/c1-11-19(5,14-17(4)22)23-18(25)15-28-30(26,27)29-21(7,13-3)16-20(6,12-2)24(8,9)10/h17H,11-16,22H2,1-10H3,(H-,23,25,26,27)/p+1/t17-,19?,20+,21?/m1/s1. The van der Waals surface area contributed by atoms with Crippen LogP contribution in [0.1, 0.15) is 80.6 Å². The molecule has 0 bridgehead atoms. The number of hydrogen-bond acceptors (Lipinski definition) is 5. The summed E-state index contributed by atoms with van der Waals surface area (Å²) in [5, 5.41) is 2.86. The molecule has 9 heteroatoms. The summed E-state index contributed by atoms with van der Waals surface area (Å²) in [6, 6.07) is -0.0807. The van der Waals surface area contributed by atoms with E-state index >= 15 is 0 Å². The number of nitrogens with two attached hydrogens (primary N) is 1. The maximum Gasteiger partial charge on any atom is 0.473 e. The van der Waals surface area contributed by atoms with E-state index in [2.05, 4.69) is 40.3 Å². The Bertz CT molecular complexity index is 610. The van der Waals surface area contributed by atoms with Gasteiger partial charge in [0.1, 0.15) is 6.61 Å². The monoisotopic (exact) mass is 452 g/mol. The lowest BCUT2D eigenvalue weighted by Gasteiger charge is -2.47. The van der Waals surface area contributed by atoms with Crippen molar-refractivity contribution in [3.05, 3.63) is 0 Å². The molecule has 8 nitrogen and oxygen atoms in total. The molecule has 180 valence electrons. The summed E-state index contributed by atoms with van der Waals surface area (Å²) >= 11 is 0. The molecular formula is C21H47N3O5P+. The second-order valence-electron chi connectivity index (χ2n) is 10.3. The fraction of sp³-hybridized carbons (Fsp3) is 0.952. The van der Waals surface area contributed by atoms with Crippen molar-refractivity contribution < 1.29 is 27.8 Å². The van der Waals surface area contributed by atoms with Gasteiger partial charge in [-0.15, -0.1) is 0 Å². The molecule has 0 aliphatic rings. The van der Waals surface area contributed by atoms with Crippen molar-refractivity contribution >= 4 is 13.7 Å². The van der Waals surface area contributed by atoms with Gasteiger partial charge in [-0.25, -0.2) is 4.57 Å². The van der Waals surface area contributed by atoms with E-state index in [9.17, 15) is 14.3 Å². The fourth-order valence-corrected chi connectivity index (χ4v) is 4.76. The molecule has 0 saturated heterocycles. The second kappa shape index (κ2) is 10.9. The Morgan fingerprint density at radius 1 is 1.13 bits per heavy atom. The number of quaternary nitrogens is 1. The quantitative estimate of drug-likeness (QED) is 0.274. The van der Waals surface area contributed by atoms with Gasteiger partial charge in [0, 0.05) is 18.0 Å². The molecule has 0 heterocycles. The van der Waals surface area contributed by atoms with E-state index in [-0.39, 0.29) is 11.6 Å². The van der Waals surface area contributed by atoms with Crippen LogP contribution in [-0.2, 0) is 18.4 Å². The zero-order valence-corrected chi connectivity index (χ0v) is 21.8. The van der Waals surface area contributed by atoms with Gasteiger partial charge in [0.15, 0.2) is 0 Å². The Balaban J connectivity index is 5.15. The predicted molar refractivity (Wildman–Crippen MR) is 122 cm³/mol. The highest BCUT2D eigenvalue weighted by molar-refractivity contribution is 7.47. The molecule has 0 aromatic carbocycles. The lowest BCUT2D eigenvalue weighted by molar-refractivity contribution is -0.923. The van der Waals surface area contributed by atoms with E-state index < -0.39 is 31.5 Å². The topological polar surface area (TPSA) is 111 Å². The van der Waals surface area contributed by atoms with Crippen LogP contribution in [0.25, 0.3) is 0 Å². The van der Waals surface area contributed by atoms with Crippen molar-refractivity contribution in [2.24, 2.45) is 5.73 Å². The Kier molecular flexibility index (Phi) is 10.7. The summed E-state index contributed by atoms with van der Waals surface area (Å²) in [4.78, 5) is 22.6. The average Bonchev–Trinajstić information content (AvgIpc) is 2.57. The number of nitrogens with one attached hydrogen (secondary N) is 1. The van der Waals surface area contributed by atoms with Crippen molar-refractivity contribution in [3.8, 4) is 0 Å².